The number of rotatable bonds is 17. The van der Waals surface area contributed by atoms with E-state index in [9.17, 15) is 0 Å². The molecule has 0 spiro atoms. The standard InChI is InChI=1S/C57H39N5.C51H35N5/c1-5-17-41(18-6-1)55-58-56(42-19-7-2-8-20-42)60-57(59-55)46-23-15-21-43(37-46)44-22-16-28-50(38-44)62-53-30-14-13-29-51(53)52-39-45(33-36-54(52)62)40-31-34-49(35-32-40)61(47-24-9-3-10-25-47)48-26-11-4-12-27-48;1-5-16-37(17-6-1)49-52-50(38-18-7-2-8-19-38)54-51(53-49)40-20-15-25-44(34-40)56-47-27-14-13-26-45(47)46-35-39(30-33-48(46)56)36-28-31-43(32-29-36)55(41-21-9-3-10-22-41)42-23-11-4-12-24-42/h1-39H;1-35H. The van der Waals surface area contributed by atoms with Gasteiger partial charge in [-0.15, -0.1) is 0 Å². The molecule has 0 bridgehead atoms. The van der Waals surface area contributed by atoms with Crippen molar-refractivity contribution >= 4 is 77.7 Å². The van der Waals surface area contributed by atoms with Gasteiger partial charge in [-0.25, -0.2) is 29.9 Å². The molecule has 10 heteroatoms. The van der Waals surface area contributed by atoms with Gasteiger partial charge in [-0.3, -0.25) is 0 Å². The van der Waals surface area contributed by atoms with Crippen molar-refractivity contribution in [1.82, 2.24) is 39.0 Å². The van der Waals surface area contributed by atoms with Crippen molar-refractivity contribution in [2.45, 2.75) is 0 Å². The highest BCUT2D eigenvalue weighted by Crippen LogP contribution is 2.43. The summed E-state index contributed by atoms with van der Waals surface area (Å²) in [4.78, 5) is 34.4. The van der Waals surface area contributed by atoms with Crippen LogP contribution in [0.1, 0.15) is 0 Å². The van der Waals surface area contributed by atoms with Gasteiger partial charge >= 0.3 is 0 Å². The Morgan fingerprint density at radius 3 is 0.720 bits per heavy atom. The zero-order valence-electron chi connectivity index (χ0n) is 64.2. The summed E-state index contributed by atoms with van der Waals surface area (Å²) >= 11 is 0. The molecule has 0 radical (unpaired) electrons. The minimum atomic E-state index is 0.629. The number of hydrogen-bond acceptors (Lipinski definition) is 8. The fraction of sp³-hybridized carbons (Fsp3) is 0. The van der Waals surface area contributed by atoms with E-state index in [1.54, 1.807) is 0 Å². The highest BCUT2D eigenvalue weighted by molar-refractivity contribution is 6.12. The third-order valence-electron chi connectivity index (χ3n) is 21.6. The first-order chi connectivity index (χ1) is 58.5. The van der Waals surface area contributed by atoms with E-state index in [-0.39, 0.29) is 0 Å². The molecule has 0 aliphatic heterocycles. The topological polar surface area (TPSA) is 93.7 Å². The van der Waals surface area contributed by atoms with E-state index in [0.717, 1.165) is 118 Å². The van der Waals surface area contributed by atoms with Crippen LogP contribution >= 0.6 is 0 Å². The van der Waals surface area contributed by atoms with Crippen molar-refractivity contribution in [3.8, 4) is 113 Å². The summed E-state index contributed by atoms with van der Waals surface area (Å²) in [7, 11) is 0. The molecular formula is C108H74N10. The number of aromatic nitrogens is 8. The summed E-state index contributed by atoms with van der Waals surface area (Å²) < 4.78 is 4.72. The lowest BCUT2D eigenvalue weighted by atomic mass is 10.0. The summed E-state index contributed by atoms with van der Waals surface area (Å²) in [5.74, 6) is 3.84. The van der Waals surface area contributed by atoms with Gasteiger partial charge in [-0.1, -0.05) is 309 Å². The van der Waals surface area contributed by atoms with Gasteiger partial charge in [0.25, 0.3) is 0 Å². The second-order valence-corrected chi connectivity index (χ2v) is 29.0. The van der Waals surface area contributed by atoms with Crippen molar-refractivity contribution < 1.29 is 0 Å². The van der Waals surface area contributed by atoms with Crippen LogP contribution in [0.2, 0.25) is 0 Å². The quantitative estimate of drug-likeness (QED) is 0.0890. The van der Waals surface area contributed by atoms with Crippen molar-refractivity contribution in [1.29, 1.82) is 0 Å². The fourth-order valence-corrected chi connectivity index (χ4v) is 16.0. The van der Waals surface area contributed by atoms with Crippen LogP contribution in [0.3, 0.4) is 0 Å². The molecule has 0 amide bonds. The van der Waals surface area contributed by atoms with E-state index >= 15 is 0 Å². The van der Waals surface area contributed by atoms with E-state index in [4.69, 9.17) is 29.9 Å². The Kier molecular flexibility index (Phi) is 19.2. The van der Waals surface area contributed by atoms with Gasteiger partial charge in [-0.05, 0) is 173 Å². The maximum Gasteiger partial charge on any atom is 0.164 e. The van der Waals surface area contributed by atoms with Crippen LogP contribution in [0.4, 0.5) is 34.1 Å². The zero-order valence-corrected chi connectivity index (χ0v) is 64.2. The largest absolute Gasteiger partial charge is 0.311 e. The molecule has 0 saturated carbocycles. The van der Waals surface area contributed by atoms with Gasteiger partial charge in [0.15, 0.2) is 34.9 Å². The molecule has 0 atom stereocenters. The fourth-order valence-electron chi connectivity index (χ4n) is 16.0. The Balaban J connectivity index is 0.000000152. The SMILES string of the molecule is c1ccc(-c2nc(-c3ccccc3)nc(-c3cccc(-c4cccc(-n5c6ccccc6c6cc(-c7ccc(N(c8ccccc8)c8ccccc8)cc7)ccc65)c4)c3)n2)cc1.c1ccc(-c2nc(-c3ccccc3)nc(-c3cccc(-n4c5ccccc5c5cc(-c6ccc(N(c7ccccc7)c7ccccc7)cc6)ccc54)c3)n2)cc1. The molecule has 10 nitrogen and oxygen atoms in total. The minimum absolute atomic E-state index is 0.629. The van der Waals surface area contributed by atoms with Crippen LogP contribution in [0.5, 0.6) is 0 Å². The molecule has 118 heavy (non-hydrogen) atoms. The first-order valence-corrected chi connectivity index (χ1v) is 39.6. The van der Waals surface area contributed by atoms with Crippen LogP contribution in [0.15, 0.2) is 449 Å². The van der Waals surface area contributed by atoms with Crippen molar-refractivity contribution in [3.05, 3.63) is 449 Å². The van der Waals surface area contributed by atoms with Crippen LogP contribution in [-0.4, -0.2) is 39.0 Å². The maximum atomic E-state index is 5.01. The Hall–Kier alpha value is -16.0. The number of hydrogen-bond donors (Lipinski definition) is 0. The third-order valence-corrected chi connectivity index (χ3v) is 21.6. The van der Waals surface area contributed by atoms with Crippen LogP contribution in [0, 0.1) is 0 Å². The number of nitrogens with zero attached hydrogens (tertiary/aromatic N) is 10. The monoisotopic (exact) mass is 1510 g/mol. The predicted octanol–water partition coefficient (Wildman–Crippen LogP) is 27.9. The molecule has 0 fully saturated rings. The number of benzene rings is 17. The second kappa shape index (κ2) is 31.9. The predicted molar refractivity (Wildman–Crippen MR) is 487 cm³/mol. The molecule has 0 aliphatic carbocycles. The molecular weight excluding hydrogens is 1440 g/mol. The van der Waals surface area contributed by atoms with Crippen LogP contribution in [-0.2, 0) is 0 Å². The molecule has 17 aromatic carbocycles. The lowest BCUT2D eigenvalue weighted by Gasteiger charge is -2.25. The average molecular weight is 1510 g/mol. The lowest BCUT2D eigenvalue weighted by Crippen LogP contribution is -2.09. The molecule has 0 saturated heterocycles. The Morgan fingerprint density at radius 2 is 0.373 bits per heavy atom. The highest BCUT2D eigenvalue weighted by atomic mass is 15.1. The van der Waals surface area contributed by atoms with Crippen LogP contribution < -0.4 is 9.80 Å². The van der Waals surface area contributed by atoms with E-state index in [1.165, 1.54) is 38.2 Å². The van der Waals surface area contributed by atoms with E-state index in [1.807, 2.05) is 121 Å². The summed E-state index contributed by atoms with van der Waals surface area (Å²) in [6, 6.07) is 157. The van der Waals surface area contributed by atoms with Gasteiger partial charge < -0.3 is 18.9 Å². The smallest absolute Gasteiger partial charge is 0.164 e. The molecule has 556 valence electrons. The van der Waals surface area contributed by atoms with Crippen molar-refractivity contribution in [2.24, 2.45) is 0 Å². The van der Waals surface area contributed by atoms with Crippen molar-refractivity contribution in [2.75, 3.05) is 9.80 Å². The second-order valence-electron chi connectivity index (χ2n) is 29.0. The lowest BCUT2D eigenvalue weighted by molar-refractivity contribution is 1.07. The zero-order chi connectivity index (χ0) is 78.5. The van der Waals surface area contributed by atoms with E-state index in [2.05, 4.69) is 347 Å². The molecule has 21 aromatic rings. The van der Waals surface area contributed by atoms with Gasteiger partial charge in [0.05, 0.1) is 22.1 Å². The third kappa shape index (κ3) is 14.3. The first kappa shape index (κ1) is 71.0. The molecule has 0 N–H and O–H groups in total. The number of anilines is 6. The van der Waals surface area contributed by atoms with Crippen LogP contribution in [0.25, 0.3) is 157 Å². The molecule has 0 unspecified atom stereocenters. The average Bonchev–Trinajstić information content (AvgIpc) is 1.47. The highest BCUT2D eigenvalue weighted by Gasteiger charge is 2.22. The number of fused-ring (bicyclic) bond motifs is 6. The van der Waals surface area contributed by atoms with E-state index < -0.39 is 0 Å². The Morgan fingerprint density at radius 1 is 0.144 bits per heavy atom. The Labute approximate surface area is 684 Å². The normalized spacial score (nSPS) is 11.2. The molecule has 4 aromatic heterocycles. The Bertz CT molecular complexity index is 6940. The maximum absolute atomic E-state index is 5.01. The summed E-state index contributed by atoms with van der Waals surface area (Å²) in [5.41, 5.74) is 25.9. The summed E-state index contributed by atoms with van der Waals surface area (Å²) in [6.45, 7) is 0. The van der Waals surface area contributed by atoms with Gasteiger partial charge in [0.2, 0.25) is 0 Å². The first-order valence-electron chi connectivity index (χ1n) is 39.6. The molecule has 21 rings (SSSR count). The van der Waals surface area contributed by atoms with Gasteiger partial charge in [-0.2, -0.15) is 0 Å². The summed E-state index contributed by atoms with van der Waals surface area (Å²) in [5, 5.41) is 4.82. The number of para-hydroxylation sites is 6. The van der Waals surface area contributed by atoms with E-state index in [0.29, 0.717) is 34.9 Å². The van der Waals surface area contributed by atoms with Gasteiger partial charge in [0.1, 0.15) is 0 Å². The molecule has 0 aliphatic rings. The van der Waals surface area contributed by atoms with Crippen molar-refractivity contribution in [3.63, 3.8) is 0 Å². The summed E-state index contributed by atoms with van der Waals surface area (Å²) in [6.07, 6.45) is 0. The minimum Gasteiger partial charge on any atom is -0.311 e. The van der Waals surface area contributed by atoms with Gasteiger partial charge in [0, 0.05) is 100 Å². The molecule has 4 heterocycles.